The summed E-state index contributed by atoms with van der Waals surface area (Å²) in [5, 5.41) is 16.7. The Balaban J connectivity index is 1.88. The van der Waals surface area contributed by atoms with Crippen molar-refractivity contribution < 1.29 is 31.9 Å². The van der Waals surface area contributed by atoms with Crippen LogP contribution in [-0.2, 0) is 19.6 Å². The van der Waals surface area contributed by atoms with Gasteiger partial charge in [0.1, 0.15) is 6.04 Å². The van der Waals surface area contributed by atoms with Gasteiger partial charge in [-0.05, 0) is 43.4 Å². The topological polar surface area (TPSA) is 153 Å². The van der Waals surface area contributed by atoms with Crippen LogP contribution in [0.5, 0.6) is 0 Å². The number of rotatable bonds is 8. The van der Waals surface area contributed by atoms with Gasteiger partial charge in [-0.1, -0.05) is 13.8 Å². The molecule has 0 aromatic carbocycles. The van der Waals surface area contributed by atoms with E-state index in [2.05, 4.69) is 10.6 Å². The number of aromatic nitrogens is 1. The molecule has 11 nitrogen and oxygen atoms in total. The number of carbonyl (C=O) groups excluding carboxylic acids is 3. The van der Waals surface area contributed by atoms with Crippen LogP contribution in [0.15, 0.2) is 52.2 Å². The summed E-state index contributed by atoms with van der Waals surface area (Å²) in [5.74, 6) is -1.80. The van der Waals surface area contributed by atoms with E-state index in [1.807, 2.05) is 13.8 Å². The Bertz CT molecular complexity index is 1130. The number of hydrogen-bond acceptors (Lipinski definition) is 7. The second-order valence-electron chi connectivity index (χ2n) is 8.45. The lowest BCUT2D eigenvalue weighted by molar-refractivity contribution is -0.646. The van der Waals surface area contributed by atoms with Crippen molar-refractivity contribution in [2.45, 2.75) is 56.8 Å². The number of hydrogen-bond donors (Lipinski definition) is 2. The molecule has 1 aliphatic heterocycles. The van der Waals surface area contributed by atoms with Crippen molar-refractivity contribution in [2.75, 3.05) is 6.54 Å². The summed E-state index contributed by atoms with van der Waals surface area (Å²) in [6.45, 7) is 3.66. The smallest absolute Gasteiger partial charge is 0.323 e. The molecule has 0 bridgehead atoms. The van der Waals surface area contributed by atoms with E-state index >= 15 is 0 Å². The summed E-state index contributed by atoms with van der Waals surface area (Å²) in [6, 6.07) is 5.86. The molecule has 3 rings (SSSR count). The van der Waals surface area contributed by atoms with E-state index in [4.69, 9.17) is 4.42 Å². The van der Waals surface area contributed by atoms with Crippen molar-refractivity contribution >= 4 is 27.6 Å². The van der Waals surface area contributed by atoms with Gasteiger partial charge in [0.05, 0.1) is 6.26 Å². The van der Waals surface area contributed by atoms with Crippen LogP contribution in [0, 0.1) is 11.1 Å². The molecule has 2 aromatic rings. The highest BCUT2D eigenvalue weighted by Crippen LogP contribution is 2.21. The van der Waals surface area contributed by atoms with E-state index in [-0.39, 0.29) is 35.8 Å². The zero-order chi connectivity index (χ0) is 24.9. The van der Waals surface area contributed by atoms with Crippen LogP contribution in [0.1, 0.15) is 50.1 Å². The Morgan fingerprint density at radius 2 is 2.00 bits per heavy atom. The van der Waals surface area contributed by atoms with E-state index < -0.39 is 44.9 Å². The number of furan rings is 1. The third-order valence-electron chi connectivity index (χ3n) is 5.36. The molecule has 0 saturated carbocycles. The average molecular weight is 493 g/mol. The molecule has 0 spiro atoms. The standard InChI is InChI=1S/C22H28N4O7S/c1-15(2)14-16(23-22(29)18-9-7-13-33-18)21(28)24-20-17(27)8-3-6-12-26(20)34(31,32)19-10-4-5-11-25(19)30/h4-5,7,9-11,13,15-16,20H,3,6,8,12,14H2,1-2H3,(H,23,29)(H,24,28)/t16?,20-/m0/s1. The Hall–Kier alpha value is -3.25. The Kier molecular flexibility index (Phi) is 8.05. The maximum absolute atomic E-state index is 13.3. The molecule has 1 aliphatic rings. The normalized spacial score (nSPS) is 18.3. The highest BCUT2D eigenvalue weighted by atomic mass is 32.2. The lowest BCUT2D eigenvalue weighted by Crippen LogP contribution is -2.59. The van der Waals surface area contributed by atoms with Gasteiger partial charge < -0.3 is 20.3 Å². The lowest BCUT2D eigenvalue weighted by atomic mass is 10.0. The molecule has 12 heteroatoms. The molecule has 2 atom stereocenters. The number of sulfonamides is 1. The number of nitrogens with one attached hydrogen (secondary N) is 2. The molecular formula is C22H28N4O7S. The number of pyridine rings is 1. The minimum atomic E-state index is -4.41. The summed E-state index contributed by atoms with van der Waals surface area (Å²) >= 11 is 0. The molecule has 2 N–H and O–H groups in total. The van der Waals surface area contributed by atoms with Gasteiger partial charge in [0.2, 0.25) is 5.91 Å². The van der Waals surface area contributed by atoms with E-state index in [9.17, 15) is 28.0 Å². The zero-order valence-corrected chi connectivity index (χ0v) is 19.8. The minimum Gasteiger partial charge on any atom is -0.618 e. The van der Waals surface area contributed by atoms with Crippen LogP contribution in [-0.4, -0.2) is 49.1 Å². The molecule has 1 unspecified atom stereocenters. The summed E-state index contributed by atoms with van der Waals surface area (Å²) in [4.78, 5) is 38.5. The van der Waals surface area contributed by atoms with Crippen LogP contribution in [0.3, 0.4) is 0 Å². The predicted octanol–water partition coefficient (Wildman–Crippen LogP) is 0.944. The maximum Gasteiger partial charge on any atom is 0.323 e. The van der Waals surface area contributed by atoms with Crippen molar-refractivity contribution in [1.82, 2.24) is 14.9 Å². The van der Waals surface area contributed by atoms with Gasteiger partial charge in [0, 0.05) is 25.1 Å². The third-order valence-corrected chi connectivity index (χ3v) is 7.21. The predicted molar refractivity (Wildman–Crippen MR) is 119 cm³/mol. The van der Waals surface area contributed by atoms with Crippen molar-refractivity contribution in [3.05, 3.63) is 53.8 Å². The molecule has 1 saturated heterocycles. The molecule has 2 amide bonds. The Morgan fingerprint density at radius 1 is 1.24 bits per heavy atom. The summed E-state index contributed by atoms with van der Waals surface area (Å²) < 4.78 is 32.7. The fraction of sp³-hybridized carbons (Fsp3) is 0.455. The summed E-state index contributed by atoms with van der Waals surface area (Å²) in [5.41, 5.74) is 0. The molecule has 0 aliphatic carbocycles. The van der Waals surface area contributed by atoms with E-state index in [1.165, 1.54) is 30.5 Å². The molecular weight excluding hydrogens is 464 g/mol. The van der Waals surface area contributed by atoms with Crippen LogP contribution >= 0.6 is 0 Å². The van der Waals surface area contributed by atoms with Gasteiger partial charge in [-0.2, -0.15) is 9.04 Å². The fourth-order valence-corrected chi connectivity index (χ4v) is 5.31. The lowest BCUT2D eigenvalue weighted by Gasteiger charge is -2.29. The van der Waals surface area contributed by atoms with Gasteiger partial charge in [0.15, 0.2) is 23.9 Å². The molecule has 0 radical (unpaired) electrons. The number of carbonyl (C=O) groups is 3. The van der Waals surface area contributed by atoms with Gasteiger partial charge in [0.25, 0.3) is 5.91 Å². The average Bonchev–Trinajstić information content (AvgIpc) is 3.25. The number of Topliss-reactive ketones (excluding diaryl/α,β-unsaturated/α-hetero) is 1. The Morgan fingerprint density at radius 3 is 2.65 bits per heavy atom. The van der Waals surface area contributed by atoms with E-state index in [0.717, 1.165) is 16.6 Å². The Labute approximate surface area is 197 Å². The highest BCUT2D eigenvalue weighted by molar-refractivity contribution is 7.89. The van der Waals surface area contributed by atoms with Crippen molar-refractivity contribution in [3.63, 3.8) is 0 Å². The van der Waals surface area contributed by atoms with Crippen molar-refractivity contribution in [1.29, 1.82) is 0 Å². The quantitative estimate of drug-likeness (QED) is 0.411. The molecule has 2 aromatic heterocycles. The largest absolute Gasteiger partial charge is 0.618 e. The first kappa shape index (κ1) is 25.4. The van der Waals surface area contributed by atoms with Crippen molar-refractivity contribution in [3.8, 4) is 0 Å². The first-order chi connectivity index (χ1) is 16.1. The first-order valence-corrected chi connectivity index (χ1v) is 12.4. The third kappa shape index (κ3) is 5.81. The monoisotopic (exact) mass is 492 g/mol. The van der Waals surface area contributed by atoms with Crippen molar-refractivity contribution in [2.24, 2.45) is 5.92 Å². The first-order valence-electron chi connectivity index (χ1n) is 11.0. The molecule has 1 fully saturated rings. The maximum atomic E-state index is 13.3. The van der Waals surface area contributed by atoms with Gasteiger partial charge in [-0.3, -0.25) is 14.4 Å². The SMILES string of the molecule is CC(C)CC(NC(=O)c1ccco1)C(=O)N[C@@H]1C(=O)CCCCN1S(=O)(=O)c1cccc[n+]1[O-]. The zero-order valence-electron chi connectivity index (χ0n) is 19.0. The van der Waals surface area contributed by atoms with Crippen LogP contribution in [0.25, 0.3) is 0 Å². The fourth-order valence-electron chi connectivity index (χ4n) is 3.71. The molecule has 3 heterocycles. The summed E-state index contributed by atoms with van der Waals surface area (Å²) in [7, 11) is -4.41. The van der Waals surface area contributed by atoms with E-state index in [0.29, 0.717) is 12.8 Å². The second kappa shape index (κ2) is 10.8. The number of nitrogens with zero attached hydrogens (tertiary/aromatic N) is 2. The van der Waals surface area contributed by atoms with Gasteiger partial charge in [-0.25, -0.2) is 8.42 Å². The molecule has 184 valence electrons. The number of amides is 2. The van der Waals surface area contributed by atoms with Crippen LogP contribution in [0.4, 0.5) is 0 Å². The van der Waals surface area contributed by atoms with Crippen LogP contribution in [0.2, 0.25) is 0 Å². The van der Waals surface area contributed by atoms with Crippen LogP contribution < -0.4 is 15.4 Å². The summed E-state index contributed by atoms with van der Waals surface area (Å²) in [6.07, 6.45) is 1.99. The highest BCUT2D eigenvalue weighted by Gasteiger charge is 2.42. The minimum absolute atomic E-state index is 0.000983. The number of ketones is 1. The second-order valence-corrected chi connectivity index (χ2v) is 10.3. The van der Waals surface area contributed by atoms with E-state index in [1.54, 1.807) is 0 Å². The molecule has 34 heavy (non-hydrogen) atoms. The van der Waals surface area contributed by atoms with Gasteiger partial charge >= 0.3 is 15.0 Å². The van der Waals surface area contributed by atoms with Gasteiger partial charge in [-0.15, -0.1) is 0 Å².